The maximum absolute atomic E-state index is 11.1. The van der Waals surface area contributed by atoms with E-state index in [4.69, 9.17) is 10.9 Å². The van der Waals surface area contributed by atoms with Crippen molar-refractivity contribution in [1.82, 2.24) is 5.32 Å². The van der Waals surface area contributed by atoms with E-state index < -0.39 is 0 Å². The zero-order valence-electron chi connectivity index (χ0n) is 8.20. The predicted octanol–water partition coefficient (Wildman–Crippen LogP) is 0.429. The minimum atomic E-state index is -0.184. The number of oxime groups is 1. The number of nitrogens with one attached hydrogen (secondary N) is 1. The van der Waals surface area contributed by atoms with Crippen molar-refractivity contribution in [3.05, 3.63) is 0 Å². The summed E-state index contributed by atoms with van der Waals surface area (Å²) in [5.74, 6) is 0.664. The molecule has 5 nitrogen and oxygen atoms in total. The van der Waals surface area contributed by atoms with Crippen LogP contribution < -0.4 is 11.1 Å². The van der Waals surface area contributed by atoms with E-state index in [9.17, 15) is 4.79 Å². The summed E-state index contributed by atoms with van der Waals surface area (Å²) in [7, 11) is 0. The van der Waals surface area contributed by atoms with Gasteiger partial charge in [0.05, 0.1) is 6.42 Å². The quantitative estimate of drug-likeness (QED) is 0.190. The second-order valence-corrected chi connectivity index (χ2v) is 3.70. The summed E-state index contributed by atoms with van der Waals surface area (Å²) in [6.45, 7) is 0.689. The standard InChI is InChI=1S/C9H17N3O2/c10-8(12-14)6-9(13)11-5-1-2-7-3-4-7/h7,14H,1-6H2,(H2,10,12)(H,11,13). The molecule has 1 saturated carbocycles. The van der Waals surface area contributed by atoms with E-state index in [0.29, 0.717) is 6.54 Å². The van der Waals surface area contributed by atoms with Gasteiger partial charge in [0.25, 0.3) is 0 Å². The van der Waals surface area contributed by atoms with Crippen LogP contribution in [0.2, 0.25) is 0 Å². The fraction of sp³-hybridized carbons (Fsp3) is 0.778. The number of nitrogens with zero attached hydrogens (tertiary/aromatic N) is 1. The van der Waals surface area contributed by atoms with Crippen LogP contribution in [0, 0.1) is 5.92 Å². The van der Waals surface area contributed by atoms with Gasteiger partial charge in [0, 0.05) is 6.54 Å². The average molecular weight is 199 g/mol. The number of amidine groups is 1. The molecule has 1 aliphatic carbocycles. The molecule has 0 spiro atoms. The van der Waals surface area contributed by atoms with E-state index in [1.807, 2.05) is 0 Å². The molecule has 0 atom stereocenters. The number of nitrogens with two attached hydrogens (primary N) is 1. The minimum absolute atomic E-state index is 0.0278. The van der Waals surface area contributed by atoms with Gasteiger partial charge >= 0.3 is 0 Å². The number of hydrogen-bond donors (Lipinski definition) is 3. The van der Waals surface area contributed by atoms with Crippen LogP contribution >= 0.6 is 0 Å². The fourth-order valence-electron chi connectivity index (χ4n) is 1.29. The molecule has 1 fully saturated rings. The molecule has 14 heavy (non-hydrogen) atoms. The van der Waals surface area contributed by atoms with Crippen molar-refractivity contribution in [2.24, 2.45) is 16.8 Å². The molecule has 0 bridgehead atoms. The molecule has 4 N–H and O–H groups in total. The van der Waals surface area contributed by atoms with E-state index in [0.717, 1.165) is 12.3 Å². The van der Waals surface area contributed by atoms with E-state index in [1.54, 1.807) is 0 Å². The van der Waals surface area contributed by atoms with Gasteiger partial charge in [-0.1, -0.05) is 18.0 Å². The minimum Gasteiger partial charge on any atom is -0.409 e. The van der Waals surface area contributed by atoms with Crippen LogP contribution in [-0.4, -0.2) is 23.5 Å². The van der Waals surface area contributed by atoms with E-state index >= 15 is 0 Å². The highest BCUT2D eigenvalue weighted by Gasteiger charge is 2.20. The molecular formula is C9H17N3O2. The van der Waals surface area contributed by atoms with Gasteiger partial charge in [-0.15, -0.1) is 0 Å². The third-order valence-electron chi connectivity index (χ3n) is 2.28. The van der Waals surface area contributed by atoms with Gasteiger partial charge in [-0.3, -0.25) is 4.79 Å². The Morgan fingerprint density at radius 3 is 2.86 bits per heavy atom. The molecule has 1 amide bonds. The summed E-state index contributed by atoms with van der Waals surface area (Å²) in [6, 6.07) is 0. The summed E-state index contributed by atoms with van der Waals surface area (Å²) >= 11 is 0. The summed E-state index contributed by atoms with van der Waals surface area (Å²) in [6.07, 6.45) is 4.88. The van der Waals surface area contributed by atoms with Crippen molar-refractivity contribution in [2.45, 2.75) is 32.1 Å². The summed E-state index contributed by atoms with van der Waals surface area (Å²) in [5.41, 5.74) is 5.18. The first kappa shape index (κ1) is 10.8. The number of carbonyl (C=O) groups is 1. The third kappa shape index (κ3) is 4.69. The first-order chi connectivity index (χ1) is 6.72. The number of hydrogen-bond acceptors (Lipinski definition) is 3. The highest BCUT2D eigenvalue weighted by Crippen LogP contribution is 2.33. The van der Waals surface area contributed by atoms with Gasteiger partial charge in [-0.05, 0) is 18.8 Å². The summed E-state index contributed by atoms with van der Waals surface area (Å²) in [4.78, 5) is 11.1. The Balaban J connectivity index is 1.96. The normalized spacial score (nSPS) is 16.7. The molecule has 0 aliphatic heterocycles. The van der Waals surface area contributed by atoms with E-state index in [2.05, 4.69) is 10.5 Å². The molecule has 5 heteroatoms. The van der Waals surface area contributed by atoms with Crippen LogP contribution in [0.4, 0.5) is 0 Å². The average Bonchev–Trinajstić information content (AvgIpc) is 2.96. The Labute approximate surface area is 83.3 Å². The maximum atomic E-state index is 11.1. The topological polar surface area (TPSA) is 87.7 Å². The van der Waals surface area contributed by atoms with Crippen LogP contribution in [0.15, 0.2) is 5.16 Å². The largest absolute Gasteiger partial charge is 0.409 e. The lowest BCUT2D eigenvalue weighted by molar-refractivity contribution is -0.119. The molecule has 0 unspecified atom stereocenters. The zero-order chi connectivity index (χ0) is 10.4. The second kappa shape index (κ2) is 5.47. The molecule has 1 aliphatic rings. The summed E-state index contributed by atoms with van der Waals surface area (Å²) in [5, 5.41) is 13.7. The van der Waals surface area contributed by atoms with Crippen molar-refractivity contribution in [2.75, 3.05) is 6.54 Å². The molecule has 0 aromatic rings. The highest BCUT2D eigenvalue weighted by atomic mass is 16.4. The zero-order valence-corrected chi connectivity index (χ0v) is 8.20. The lowest BCUT2D eigenvalue weighted by Gasteiger charge is -2.03. The lowest BCUT2D eigenvalue weighted by Crippen LogP contribution is -2.29. The van der Waals surface area contributed by atoms with Crippen molar-refractivity contribution in [3.8, 4) is 0 Å². The Kier molecular flexibility index (Phi) is 4.22. The first-order valence-electron chi connectivity index (χ1n) is 4.95. The van der Waals surface area contributed by atoms with Crippen LogP contribution in [0.3, 0.4) is 0 Å². The summed E-state index contributed by atoms with van der Waals surface area (Å²) < 4.78 is 0. The van der Waals surface area contributed by atoms with E-state index in [1.165, 1.54) is 19.3 Å². The Morgan fingerprint density at radius 1 is 1.57 bits per heavy atom. The lowest BCUT2D eigenvalue weighted by atomic mass is 10.2. The van der Waals surface area contributed by atoms with Gasteiger partial charge in [0.1, 0.15) is 5.84 Å². The third-order valence-corrected chi connectivity index (χ3v) is 2.28. The van der Waals surface area contributed by atoms with Gasteiger partial charge in [0.15, 0.2) is 0 Å². The number of carbonyl (C=O) groups excluding carboxylic acids is 1. The molecule has 1 rings (SSSR count). The second-order valence-electron chi connectivity index (χ2n) is 3.70. The Morgan fingerprint density at radius 2 is 2.29 bits per heavy atom. The van der Waals surface area contributed by atoms with Crippen molar-refractivity contribution >= 4 is 11.7 Å². The predicted molar refractivity (Wildman–Crippen MR) is 53.0 cm³/mol. The SMILES string of the molecule is NC(CC(=O)NCCCC1CC1)=NO. The Bertz CT molecular complexity index is 224. The fourth-order valence-corrected chi connectivity index (χ4v) is 1.29. The van der Waals surface area contributed by atoms with Crippen molar-refractivity contribution in [3.63, 3.8) is 0 Å². The van der Waals surface area contributed by atoms with Crippen LogP contribution in [0.25, 0.3) is 0 Å². The van der Waals surface area contributed by atoms with Gasteiger partial charge < -0.3 is 16.3 Å². The molecule has 0 radical (unpaired) electrons. The molecular weight excluding hydrogens is 182 g/mol. The highest BCUT2D eigenvalue weighted by molar-refractivity contribution is 5.98. The van der Waals surface area contributed by atoms with Gasteiger partial charge in [-0.25, -0.2) is 0 Å². The Hall–Kier alpha value is -1.26. The maximum Gasteiger partial charge on any atom is 0.227 e. The number of amides is 1. The smallest absolute Gasteiger partial charge is 0.227 e. The van der Waals surface area contributed by atoms with E-state index in [-0.39, 0.29) is 18.2 Å². The van der Waals surface area contributed by atoms with Crippen molar-refractivity contribution < 1.29 is 10.0 Å². The number of rotatable bonds is 6. The molecule has 80 valence electrons. The van der Waals surface area contributed by atoms with Crippen LogP contribution in [-0.2, 0) is 4.79 Å². The molecule has 0 aromatic carbocycles. The van der Waals surface area contributed by atoms with Crippen LogP contribution in [0.5, 0.6) is 0 Å². The molecule has 0 aromatic heterocycles. The van der Waals surface area contributed by atoms with Gasteiger partial charge in [-0.2, -0.15) is 0 Å². The van der Waals surface area contributed by atoms with Crippen LogP contribution in [0.1, 0.15) is 32.1 Å². The molecule has 0 heterocycles. The molecule has 0 saturated heterocycles. The van der Waals surface area contributed by atoms with Crippen molar-refractivity contribution in [1.29, 1.82) is 0 Å². The first-order valence-corrected chi connectivity index (χ1v) is 4.95. The van der Waals surface area contributed by atoms with Gasteiger partial charge in [0.2, 0.25) is 5.91 Å². The monoisotopic (exact) mass is 199 g/mol.